The monoisotopic (exact) mass is 640 g/mol. The van der Waals surface area contributed by atoms with Gasteiger partial charge in [-0.15, -0.1) is 0 Å². The Labute approximate surface area is 260 Å². The van der Waals surface area contributed by atoms with Crippen LogP contribution in [-0.2, 0) is 10.0 Å². The second-order valence-electron chi connectivity index (χ2n) is 10.8. The Morgan fingerprint density at radius 3 is 2.64 bits per heavy atom. The number of allylic oxidation sites excluding steroid dienone is 2. The molecule has 0 bridgehead atoms. The molecule has 0 radical (unpaired) electrons. The number of piperidine rings is 1. The summed E-state index contributed by atoms with van der Waals surface area (Å²) in [5.74, 6) is -0.419. The first-order valence-electron chi connectivity index (χ1n) is 14.0. The molecule has 1 unspecified atom stereocenters. The van der Waals surface area contributed by atoms with Crippen molar-refractivity contribution in [2.75, 3.05) is 31.1 Å². The SMILES string of the molecule is CC(CNS(=O)(=O)c1cccc(C(=O)N2CCC3(CC/C(=C\C(=O)c4nc(Cl)c(N)nc4N)N3)CC2)c1)Oc1ccccn1. The van der Waals surface area contributed by atoms with Crippen molar-refractivity contribution in [3.8, 4) is 5.88 Å². The number of nitrogens with zero attached hydrogens (tertiary/aromatic N) is 4. The van der Waals surface area contributed by atoms with Crippen molar-refractivity contribution in [1.29, 1.82) is 0 Å². The van der Waals surface area contributed by atoms with Crippen LogP contribution in [0, 0.1) is 0 Å². The van der Waals surface area contributed by atoms with E-state index in [4.69, 9.17) is 27.8 Å². The average Bonchev–Trinajstić information content (AvgIpc) is 3.39. The van der Waals surface area contributed by atoms with Crippen LogP contribution in [0.4, 0.5) is 11.6 Å². The fraction of sp³-hybridized carbons (Fsp3) is 0.345. The van der Waals surface area contributed by atoms with E-state index in [1.54, 1.807) is 48.4 Å². The summed E-state index contributed by atoms with van der Waals surface area (Å²) in [6, 6.07) is 11.2. The van der Waals surface area contributed by atoms with Crippen LogP contribution in [0.1, 0.15) is 53.5 Å². The van der Waals surface area contributed by atoms with Crippen LogP contribution in [0.2, 0.25) is 5.15 Å². The summed E-state index contributed by atoms with van der Waals surface area (Å²) in [6.45, 7) is 2.69. The largest absolute Gasteiger partial charge is 0.473 e. The number of benzene rings is 1. The lowest BCUT2D eigenvalue weighted by molar-refractivity contribution is 0.0659. The van der Waals surface area contributed by atoms with E-state index < -0.39 is 21.9 Å². The Morgan fingerprint density at radius 2 is 1.91 bits per heavy atom. The molecule has 4 heterocycles. The standard InChI is InChI=1S/C29H33ClN8O5S/c1-18(43-23-7-2-3-12-33-23)17-34-44(41,42)21-6-4-5-19(15-21)28(40)38-13-10-29(11-14-38)9-8-20(37-29)16-22(39)24-26(31)36-27(32)25(30)35-24/h2-7,12,15-16,18,34,37H,8-11,13-14,17H2,1H3,(H4,31,32,36)/b20-16+. The Hall–Kier alpha value is -4.27. The molecule has 2 aromatic heterocycles. The van der Waals surface area contributed by atoms with Gasteiger partial charge >= 0.3 is 0 Å². The molecule has 1 aromatic carbocycles. The summed E-state index contributed by atoms with van der Waals surface area (Å²) in [5, 5.41) is 3.38. The number of anilines is 2. The number of aromatic nitrogens is 3. The van der Waals surface area contributed by atoms with Gasteiger partial charge in [0.25, 0.3) is 5.91 Å². The molecule has 44 heavy (non-hydrogen) atoms. The predicted molar refractivity (Wildman–Crippen MR) is 164 cm³/mol. The van der Waals surface area contributed by atoms with E-state index in [1.165, 1.54) is 18.2 Å². The molecule has 2 aliphatic rings. The number of ketones is 1. The molecular weight excluding hydrogens is 608 g/mol. The second-order valence-corrected chi connectivity index (χ2v) is 13.0. The van der Waals surface area contributed by atoms with Crippen LogP contribution in [0.5, 0.6) is 5.88 Å². The zero-order valence-electron chi connectivity index (χ0n) is 24.0. The predicted octanol–water partition coefficient (Wildman–Crippen LogP) is 2.56. The van der Waals surface area contributed by atoms with Crippen LogP contribution < -0.4 is 26.2 Å². The number of amides is 1. The fourth-order valence-electron chi connectivity index (χ4n) is 5.26. The maximum absolute atomic E-state index is 13.4. The van der Waals surface area contributed by atoms with E-state index in [1.807, 2.05) is 0 Å². The summed E-state index contributed by atoms with van der Waals surface area (Å²) in [6.07, 6.45) is 5.33. The van der Waals surface area contributed by atoms with Gasteiger partial charge in [-0.2, -0.15) is 0 Å². The Bertz CT molecular complexity index is 1700. The summed E-state index contributed by atoms with van der Waals surface area (Å²) in [5.41, 5.74) is 12.1. The number of sulfonamides is 1. The lowest BCUT2D eigenvalue weighted by Gasteiger charge is -2.39. The van der Waals surface area contributed by atoms with Crippen molar-refractivity contribution in [2.45, 2.75) is 49.1 Å². The van der Waals surface area contributed by atoms with Crippen LogP contribution >= 0.6 is 11.6 Å². The van der Waals surface area contributed by atoms with Gasteiger partial charge in [-0.3, -0.25) is 9.59 Å². The number of halogens is 1. The van der Waals surface area contributed by atoms with Gasteiger partial charge in [-0.1, -0.05) is 23.7 Å². The molecule has 1 spiro atoms. The number of carbonyl (C=O) groups excluding carboxylic acids is 2. The van der Waals surface area contributed by atoms with Crippen LogP contribution in [-0.4, -0.2) is 71.2 Å². The van der Waals surface area contributed by atoms with E-state index in [0.717, 1.165) is 12.1 Å². The third-order valence-corrected chi connectivity index (χ3v) is 9.36. The third-order valence-electron chi connectivity index (χ3n) is 7.66. The molecule has 3 aromatic rings. The lowest BCUT2D eigenvalue weighted by Crippen LogP contribution is -2.51. The van der Waals surface area contributed by atoms with Gasteiger partial charge < -0.3 is 26.4 Å². The first-order valence-corrected chi connectivity index (χ1v) is 15.9. The van der Waals surface area contributed by atoms with Gasteiger partial charge in [0.1, 0.15) is 6.10 Å². The van der Waals surface area contributed by atoms with Crippen molar-refractivity contribution in [2.24, 2.45) is 0 Å². The van der Waals surface area contributed by atoms with E-state index >= 15 is 0 Å². The van der Waals surface area contributed by atoms with Crippen LogP contribution in [0.25, 0.3) is 0 Å². The molecule has 5 rings (SSSR count). The summed E-state index contributed by atoms with van der Waals surface area (Å²) < 4.78 is 34.2. The van der Waals surface area contributed by atoms with Crippen molar-refractivity contribution < 1.29 is 22.7 Å². The average molecular weight is 641 g/mol. The molecule has 1 amide bonds. The molecule has 13 nitrogen and oxygen atoms in total. The zero-order valence-corrected chi connectivity index (χ0v) is 25.6. The molecule has 6 N–H and O–H groups in total. The second kappa shape index (κ2) is 12.8. The third kappa shape index (κ3) is 7.09. The van der Waals surface area contributed by atoms with Crippen LogP contribution in [0.3, 0.4) is 0 Å². The van der Waals surface area contributed by atoms with Crippen molar-refractivity contribution >= 4 is 45.0 Å². The number of pyridine rings is 1. The Kier molecular flexibility index (Phi) is 9.04. The number of nitrogens with one attached hydrogen (secondary N) is 2. The lowest BCUT2D eigenvalue weighted by atomic mass is 9.86. The molecule has 232 valence electrons. The molecule has 0 aliphatic carbocycles. The zero-order chi connectivity index (χ0) is 31.5. The molecule has 15 heteroatoms. The number of nitrogen functional groups attached to an aromatic ring is 2. The summed E-state index contributed by atoms with van der Waals surface area (Å²) in [7, 11) is -3.89. The fourth-order valence-corrected chi connectivity index (χ4v) is 6.55. The highest BCUT2D eigenvalue weighted by Gasteiger charge is 2.40. The van der Waals surface area contributed by atoms with Gasteiger partial charge in [0.05, 0.1) is 4.90 Å². The molecular formula is C29H33ClN8O5S. The highest BCUT2D eigenvalue weighted by atomic mass is 35.5. The highest BCUT2D eigenvalue weighted by molar-refractivity contribution is 7.89. The van der Waals surface area contributed by atoms with E-state index in [-0.39, 0.29) is 50.9 Å². The minimum absolute atomic E-state index is 0.00788. The van der Waals surface area contributed by atoms with Crippen molar-refractivity contribution in [3.63, 3.8) is 0 Å². The number of hydrogen-bond acceptors (Lipinski definition) is 11. The maximum atomic E-state index is 13.4. The number of nitrogens with two attached hydrogens (primary N) is 2. The van der Waals surface area contributed by atoms with Gasteiger partial charge in [0.2, 0.25) is 21.7 Å². The smallest absolute Gasteiger partial charge is 0.253 e. The number of hydrogen-bond donors (Lipinski definition) is 4. The molecule has 2 aliphatic heterocycles. The first-order chi connectivity index (χ1) is 20.9. The Morgan fingerprint density at radius 1 is 1.14 bits per heavy atom. The number of carbonyl (C=O) groups is 2. The first kappa shape index (κ1) is 31.2. The maximum Gasteiger partial charge on any atom is 0.253 e. The number of rotatable bonds is 9. The summed E-state index contributed by atoms with van der Waals surface area (Å²) >= 11 is 5.91. The molecule has 0 saturated carbocycles. The van der Waals surface area contributed by atoms with Gasteiger partial charge in [0.15, 0.2) is 22.5 Å². The van der Waals surface area contributed by atoms with Crippen LogP contribution in [0.15, 0.2) is 65.3 Å². The highest BCUT2D eigenvalue weighted by Crippen LogP contribution is 2.35. The van der Waals surface area contributed by atoms with Crippen molar-refractivity contribution in [3.05, 3.63) is 76.8 Å². The van der Waals surface area contributed by atoms with Crippen molar-refractivity contribution in [1.82, 2.24) is 29.9 Å². The van der Waals surface area contributed by atoms with Gasteiger partial charge in [0, 0.05) is 54.8 Å². The minimum atomic E-state index is -3.89. The van der Waals surface area contributed by atoms with Gasteiger partial charge in [-0.05, 0) is 56.9 Å². The molecule has 1 atom stereocenters. The number of likely N-dealkylation sites (tertiary alicyclic amines) is 1. The topological polar surface area (TPSA) is 196 Å². The number of ether oxygens (including phenoxy) is 1. The molecule has 2 saturated heterocycles. The minimum Gasteiger partial charge on any atom is -0.473 e. The van der Waals surface area contributed by atoms with E-state index in [9.17, 15) is 18.0 Å². The quantitative estimate of drug-likeness (QED) is 0.198. The molecule has 2 fully saturated rings. The summed E-state index contributed by atoms with van der Waals surface area (Å²) in [4.78, 5) is 39.8. The van der Waals surface area contributed by atoms with E-state index in [2.05, 4.69) is 25.0 Å². The Balaban J connectivity index is 1.17. The normalized spacial score (nSPS) is 17.8. The van der Waals surface area contributed by atoms with Gasteiger partial charge in [-0.25, -0.2) is 28.1 Å². The van der Waals surface area contributed by atoms with E-state index in [0.29, 0.717) is 38.2 Å².